The molecule has 0 fully saturated rings. The van der Waals surface area contributed by atoms with Gasteiger partial charge >= 0.3 is 5.97 Å². The second-order valence-electron chi connectivity index (χ2n) is 9.08. The Hall–Kier alpha value is -1.58. The largest absolute Gasteiger partial charge is 0.463 e. The molecule has 0 amide bonds. The zero-order valence-corrected chi connectivity index (χ0v) is 20.5. The van der Waals surface area contributed by atoms with Crippen LogP contribution in [0.25, 0.3) is 0 Å². The predicted molar refractivity (Wildman–Crippen MR) is 129 cm³/mol. The normalized spacial score (nSPS) is 14.6. The van der Waals surface area contributed by atoms with Crippen LogP contribution in [0, 0.1) is 17.8 Å². The Bertz CT molecular complexity index is 508. The number of oxime groups is 1. The fraction of sp³-hybridized carbons (Fsp3) is 0.769. The third-order valence-electron chi connectivity index (χ3n) is 5.35. The van der Waals surface area contributed by atoms with E-state index in [2.05, 4.69) is 39.8 Å². The van der Waals surface area contributed by atoms with Gasteiger partial charge in [0.05, 0.1) is 12.8 Å². The lowest BCUT2D eigenvalue weighted by Gasteiger charge is -2.15. The molecule has 4 nitrogen and oxygen atoms in total. The highest BCUT2D eigenvalue weighted by molar-refractivity contribution is 5.81. The van der Waals surface area contributed by atoms with Gasteiger partial charge in [-0.25, -0.2) is 4.79 Å². The molecular formula is C26H47NO3. The molecule has 0 aromatic carbocycles. The van der Waals surface area contributed by atoms with E-state index in [0.29, 0.717) is 6.61 Å². The van der Waals surface area contributed by atoms with E-state index in [1.54, 1.807) is 19.2 Å². The fourth-order valence-electron chi connectivity index (χ4n) is 3.41. The molecule has 2 unspecified atom stereocenters. The van der Waals surface area contributed by atoms with Crippen LogP contribution >= 0.6 is 0 Å². The van der Waals surface area contributed by atoms with Crippen LogP contribution in [0.4, 0.5) is 0 Å². The van der Waals surface area contributed by atoms with Crippen LogP contribution in [0.2, 0.25) is 0 Å². The van der Waals surface area contributed by atoms with E-state index >= 15 is 0 Å². The minimum absolute atomic E-state index is 0.260. The summed E-state index contributed by atoms with van der Waals surface area (Å²) in [6.07, 6.45) is 18.5. The van der Waals surface area contributed by atoms with E-state index < -0.39 is 0 Å². The molecule has 0 bridgehead atoms. The van der Waals surface area contributed by atoms with Gasteiger partial charge in [-0.3, -0.25) is 0 Å². The van der Waals surface area contributed by atoms with Crippen molar-refractivity contribution in [2.45, 2.75) is 99.3 Å². The Morgan fingerprint density at radius 2 is 1.53 bits per heavy atom. The molecule has 0 aromatic heterocycles. The first-order chi connectivity index (χ1) is 14.3. The monoisotopic (exact) mass is 421 g/mol. The van der Waals surface area contributed by atoms with E-state index in [0.717, 1.165) is 24.2 Å². The lowest BCUT2D eigenvalue weighted by atomic mass is 9.91. The Kier molecular flexibility index (Phi) is 18.4. The van der Waals surface area contributed by atoms with Crippen LogP contribution < -0.4 is 0 Å². The number of nitrogens with zero attached hydrogens (tertiary/aromatic N) is 1. The molecule has 2 atom stereocenters. The highest BCUT2D eigenvalue weighted by Crippen LogP contribution is 2.21. The van der Waals surface area contributed by atoms with Gasteiger partial charge < -0.3 is 9.57 Å². The van der Waals surface area contributed by atoms with Gasteiger partial charge in [-0.15, -0.1) is 0 Å². The highest BCUT2D eigenvalue weighted by atomic mass is 16.6. The Morgan fingerprint density at radius 1 is 0.933 bits per heavy atom. The van der Waals surface area contributed by atoms with E-state index in [4.69, 9.17) is 9.57 Å². The molecule has 4 heteroatoms. The number of esters is 1. The molecule has 174 valence electrons. The molecule has 0 heterocycles. The highest BCUT2D eigenvalue weighted by Gasteiger charge is 2.06. The zero-order valence-electron chi connectivity index (χ0n) is 20.5. The number of carbonyl (C=O) groups is 1. The van der Waals surface area contributed by atoms with Crippen LogP contribution in [-0.2, 0) is 14.4 Å². The maximum absolute atomic E-state index is 11.1. The Balaban J connectivity index is 3.75. The van der Waals surface area contributed by atoms with Crippen molar-refractivity contribution in [3.63, 3.8) is 0 Å². The van der Waals surface area contributed by atoms with Crippen molar-refractivity contribution in [1.29, 1.82) is 0 Å². The first-order valence-electron chi connectivity index (χ1n) is 12.0. The van der Waals surface area contributed by atoms with Gasteiger partial charge in [0.2, 0.25) is 0 Å². The molecule has 30 heavy (non-hydrogen) atoms. The number of rotatable bonds is 18. The summed E-state index contributed by atoms with van der Waals surface area (Å²) in [5, 5.41) is 3.88. The van der Waals surface area contributed by atoms with Crippen LogP contribution in [0.5, 0.6) is 0 Å². The Labute approximate surface area is 186 Å². The SMILES string of the molecule is CCOC(=O)/C=C\CO/N=C\C=C(/C)CCCC(C)CCCC(C)CCCC(C)C. The second-order valence-corrected chi connectivity index (χ2v) is 9.08. The van der Waals surface area contributed by atoms with Gasteiger partial charge in [-0.1, -0.05) is 83.4 Å². The van der Waals surface area contributed by atoms with Crippen LogP contribution in [0.15, 0.2) is 29.0 Å². The maximum atomic E-state index is 11.1. The third-order valence-corrected chi connectivity index (χ3v) is 5.35. The van der Waals surface area contributed by atoms with Gasteiger partial charge in [0, 0.05) is 6.08 Å². The quantitative estimate of drug-likeness (QED) is 0.0757. The van der Waals surface area contributed by atoms with Crippen molar-refractivity contribution in [2.24, 2.45) is 22.9 Å². The maximum Gasteiger partial charge on any atom is 0.330 e. The number of hydrogen-bond donors (Lipinski definition) is 0. The van der Waals surface area contributed by atoms with Crippen molar-refractivity contribution < 1.29 is 14.4 Å². The van der Waals surface area contributed by atoms with E-state index in [9.17, 15) is 4.79 Å². The van der Waals surface area contributed by atoms with Crippen LogP contribution in [-0.4, -0.2) is 25.4 Å². The van der Waals surface area contributed by atoms with Gasteiger partial charge in [-0.2, -0.15) is 0 Å². The van der Waals surface area contributed by atoms with Gasteiger partial charge in [0.15, 0.2) is 0 Å². The molecule has 0 aromatic rings. The molecule has 0 aliphatic heterocycles. The molecule has 0 aliphatic carbocycles. The molecule has 0 saturated heterocycles. The van der Waals surface area contributed by atoms with Crippen molar-refractivity contribution in [3.05, 3.63) is 23.8 Å². The van der Waals surface area contributed by atoms with Gasteiger partial charge in [0.25, 0.3) is 0 Å². The van der Waals surface area contributed by atoms with E-state index in [1.807, 2.05) is 6.08 Å². The molecule has 0 saturated carbocycles. The summed E-state index contributed by atoms with van der Waals surface area (Å²) in [5.74, 6) is 2.17. The average Bonchev–Trinajstić information content (AvgIpc) is 2.67. The third kappa shape index (κ3) is 19.7. The molecule has 0 spiro atoms. The van der Waals surface area contributed by atoms with Crippen molar-refractivity contribution in [3.8, 4) is 0 Å². The van der Waals surface area contributed by atoms with E-state index in [1.165, 1.54) is 63.0 Å². The number of ether oxygens (including phenoxy) is 1. The molecule has 0 radical (unpaired) electrons. The zero-order chi connectivity index (χ0) is 22.6. The first kappa shape index (κ1) is 28.4. The predicted octanol–water partition coefficient (Wildman–Crippen LogP) is 7.49. The van der Waals surface area contributed by atoms with Crippen LogP contribution in [0.1, 0.15) is 99.3 Å². The summed E-state index contributed by atoms with van der Waals surface area (Å²) < 4.78 is 4.78. The standard InChI is InChI=1S/C26H47NO3/c1-7-29-26(28)18-11-21-30-27-20-19-25(6)17-10-16-24(5)15-9-14-23(4)13-8-12-22(2)3/h11,18-20,22-24H,7-10,12-17,21H2,1-6H3/b18-11-,25-19+,27-20-. The lowest BCUT2D eigenvalue weighted by Crippen LogP contribution is -2.00. The van der Waals surface area contributed by atoms with Gasteiger partial charge in [-0.05, 0) is 56.6 Å². The summed E-state index contributed by atoms with van der Waals surface area (Å²) in [4.78, 5) is 16.2. The molecule has 0 rings (SSSR count). The van der Waals surface area contributed by atoms with E-state index in [-0.39, 0.29) is 12.6 Å². The molecule has 0 aliphatic rings. The minimum atomic E-state index is -0.355. The average molecular weight is 422 g/mol. The van der Waals surface area contributed by atoms with Crippen LogP contribution in [0.3, 0.4) is 0 Å². The summed E-state index contributed by atoms with van der Waals surface area (Å²) in [6.45, 7) is 14.0. The number of allylic oxidation sites excluding steroid dienone is 2. The topological polar surface area (TPSA) is 47.9 Å². The Morgan fingerprint density at radius 3 is 2.13 bits per heavy atom. The van der Waals surface area contributed by atoms with Crippen molar-refractivity contribution >= 4 is 12.2 Å². The second kappa shape index (κ2) is 19.4. The number of carbonyl (C=O) groups excluding carboxylic acids is 1. The smallest absolute Gasteiger partial charge is 0.330 e. The summed E-state index contributed by atoms with van der Waals surface area (Å²) in [5.41, 5.74) is 1.32. The first-order valence-corrected chi connectivity index (χ1v) is 12.0. The summed E-state index contributed by atoms with van der Waals surface area (Å²) in [7, 11) is 0. The summed E-state index contributed by atoms with van der Waals surface area (Å²) in [6, 6.07) is 0. The summed E-state index contributed by atoms with van der Waals surface area (Å²) >= 11 is 0. The minimum Gasteiger partial charge on any atom is -0.463 e. The fourth-order valence-corrected chi connectivity index (χ4v) is 3.41. The van der Waals surface area contributed by atoms with Crippen molar-refractivity contribution in [1.82, 2.24) is 0 Å². The van der Waals surface area contributed by atoms with Crippen molar-refractivity contribution in [2.75, 3.05) is 13.2 Å². The molecule has 0 N–H and O–H groups in total. The van der Waals surface area contributed by atoms with Gasteiger partial charge in [0.1, 0.15) is 6.61 Å². The molecular weight excluding hydrogens is 374 g/mol. The lowest BCUT2D eigenvalue weighted by molar-refractivity contribution is -0.137. The number of hydrogen-bond acceptors (Lipinski definition) is 4.